The molecule has 1 aliphatic carbocycles. The molecule has 1 aliphatic rings. The van der Waals surface area contributed by atoms with E-state index in [1.807, 2.05) is 66.4 Å². The lowest BCUT2D eigenvalue weighted by molar-refractivity contribution is -0.137. The predicted molar refractivity (Wildman–Crippen MR) is 168 cm³/mol. The molecule has 0 heterocycles. The zero-order chi connectivity index (χ0) is 30.2. The van der Waals surface area contributed by atoms with Crippen LogP contribution in [0.25, 0.3) is 0 Å². The topological polar surface area (TPSA) is 95.9 Å². The molecule has 7 nitrogen and oxygen atoms in total. The fourth-order valence-corrected chi connectivity index (χ4v) is 5.19. The number of carbonyl (C=O) groups is 3. The fraction of sp³-hybridized carbons (Fsp3) is 0.250. The first-order valence-corrected chi connectivity index (χ1v) is 14.7. The first kappa shape index (κ1) is 29.6. The minimum atomic E-state index is -1.02. The number of ketones is 1. The molecule has 1 saturated carbocycles. The van der Waals surface area contributed by atoms with Crippen molar-refractivity contribution in [2.45, 2.75) is 38.6 Å². The van der Waals surface area contributed by atoms with Gasteiger partial charge in [0.1, 0.15) is 18.4 Å². The summed E-state index contributed by atoms with van der Waals surface area (Å²) >= 11 is 0. The Morgan fingerprint density at radius 3 is 2.30 bits per heavy atom. The van der Waals surface area contributed by atoms with Gasteiger partial charge in [-0.2, -0.15) is 0 Å². The maximum Gasteiger partial charge on any atom is 0.326 e. The molecule has 0 bridgehead atoms. The second-order valence-corrected chi connectivity index (χ2v) is 10.9. The minimum Gasteiger partial charge on any atom is -0.492 e. The number of hydrogen-bond acceptors (Lipinski definition) is 5. The van der Waals surface area contributed by atoms with Crippen molar-refractivity contribution in [1.29, 1.82) is 0 Å². The van der Waals surface area contributed by atoms with Gasteiger partial charge < -0.3 is 20.1 Å². The highest BCUT2D eigenvalue weighted by Gasteiger charge is 2.30. The lowest BCUT2D eigenvalue weighted by Crippen LogP contribution is -2.41. The summed E-state index contributed by atoms with van der Waals surface area (Å²) in [5.74, 6) is -0.323. The van der Waals surface area contributed by atoms with Crippen LogP contribution in [-0.4, -0.2) is 42.0 Å². The van der Waals surface area contributed by atoms with Gasteiger partial charge in [0.05, 0.1) is 6.54 Å². The van der Waals surface area contributed by atoms with Gasteiger partial charge in [0.2, 0.25) is 5.91 Å². The standard InChI is InChI=1S/C36H36N2O5/c1-25-9-7-14-29(23-25)38(35(40)28-12-8-13-28)21-22-43-30-19-17-26(18-20-30)24-33(36(41)42)37-32-16-6-5-15-31(32)34(39)27-10-3-2-4-11-27/h2-7,9-11,14-20,23,28,33,37H,8,12-13,21-22,24H2,1H3,(H,41,42). The summed E-state index contributed by atoms with van der Waals surface area (Å²) in [6.07, 6.45) is 3.17. The molecule has 0 radical (unpaired) electrons. The van der Waals surface area contributed by atoms with Crippen molar-refractivity contribution in [2.24, 2.45) is 5.92 Å². The number of aliphatic carboxylic acids is 1. The van der Waals surface area contributed by atoms with E-state index in [9.17, 15) is 19.5 Å². The highest BCUT2D eigenvalue weighted by molar-refractivity contribution is 6.12. The Balaban J connectivity index is 1.21. The van der Waals surface area contributed by atoms with E-state index in [0.29, 0.717) is 35.7 Å². The van der Waals surface area contributed by atoms with Crippen molar-refractivity contribution in [3.63, 3.8) is 0 Å². The number of carbonyl (C=O) groups excluding carboxylic acids is 2. The SMILES string of the molecule is Cc1cccc(N(CCOc2ccc(CC(Nc3ccccc3C(=O)c3ccccc3)C(=O)O)cc2)C(=O)C2CCC2)c1. The number of rotatable bonds is 13. The molecule has 0 spiro atoms. The lowest BCUT2D eigenvalue weighted by Gasteiger charge is -2.32. The van der Waals surface area contributed by atoms with E-state index in [1.165, 1.54) is 0 Å². The molecule has 220 valence electrons. The highest BCUT2D eigenvalue weighted by Crippen LogP contribution is 2.30. The average Bonchev–Trinajstić information content (AvgIpc) is 2.99. The van der Waals surface area contributed by atoms with Crippen molar-refractivity contribution in [2.75, 3.05) is 23.4 Å². The van der Waals surface area contributed by atoms with E-state index in [4.69, 9.17) is 4.74 Å². The van der Waals surface area contributed by atoms with Crippen molar-refractivity contribution in [3.05, 3.63) is 125 Å². The first-order valence-electron chi connectivity index (χ1n) is 14.7. The third-order valence-corrected chi connectivity index (χ3v) is 7.82. The van der Waals surface area contributed by atoms with Crippen LogP contribution in [0.15, 0.2) is 103 Å². The number of amides is 1. The minimum absolute atomic E-state index is 0.0824. The second-order valence-electron chi connectivity index (χ2n) is 10.9. The van der Waals surface area contributed by atoms with Crippen LogP contribution in [0.1, 0.15) is 46.3 Å². The van der Waals surface area contributed by atoms with E-state index in [-0.39, 0.29) is 24.0 Å². The van der Waals surface area contributed by atoms with Crippen molar-refractivity contribution < 1.29 is 24.2 Å². The van der Waals surface area contributed by atoms with Gasteiger partial charge in [-0.1, -0.05) is 73.2 Å². The largest absolute Gasteiger partial charge is 0.492 e. The van der Waals surface area contributed by atoms with Gasteiger partial charge in [0.15, 0.2) is 5.78 Å². The maximum absolute atomic E-state index is 13.1. The number of carboxylic acid groups (broad SMARTS) is 1. The van der Waals surface area contributed by atoms with Crippen LogP contribution < -0.4 is 15.0 Å². The molecular formula is C36H36N2O5. The second kappa shape index (κ2) is 13.8. The van der Waals surface area contributed by atoms with Gasteiger partial charge >= 0.3 is 5.97 Å². The molecule has 7 heteroatoms. The van der Waals surface area contributed by atoms with Gasteiger partial charge in [-0.25, -0.2) is 4.79 Å². The first-order chi connectivity index (χ1) is 20.9. The van der Waals surface area contributed by atoms with Crippen LogP contribution in [0.4, 0.5) is 11.4 Å². The Bertz CT molecular complexity index is 1560. The fourth-order valence-electron chi connectivity index (χ4n) is 5.19. The molecule has 4 aromatic rings. The molecule has 0 saturated heterocycles. The Hall–Kier alpha value is -4.91. The Morgan fingerprint density at radius 1 is 0.907 bits per heavy atom. The molecule has 1 atom stereocenters. The number of nitrogens with one attached hydrogen (secondary N) is 1. The quantitative estimate of drug-likeness (QED) is 0.175. The van der Waals surface area contributed by atoms with Crippen LogP contribution in [0.2, 0.25) is 0 Å². The summed E-state index contributed by atoms with van der Waals surface area (Å²) < 4.78 is 5.99. The molecule has 1 unspecified atom stereocenters. The van der Waals surface area contributed by atoms with Gasteiger partial charge in [-0.05, 0) is 67.3 Å². The lowest BCUT2D eigenvalue weighted by atomic mass is 9.84. The van der Waals surface area contributed by atoms with Crippen molar-refractivity contribution in [1.82, 2.24) is 0 Å². The zero-order valence-corrected chi connectivity index (χ0v) is 24.2. The summed E-state index contributed by atoms with van der Waals surface area (Å²) in [6.45, 7) is 2.78. The number of benzene rings is 4. The van der Waals surface area contributed by atoms with E-state index in [1.54, 1.807) is 48.5 Å². The van der Waals surface area contributed by atoms with Crippen LogP contribution in [0.5, 0.6) is 5.75 Å². The van der Waals surface area contributed by atoms with E-state index in [2.05, 4.69) is 5.32 Å². The molecular weight excluding hydrogens is 540 g/mol. The van der Waals surface area contributed by atoms with Crippen molar-refractivity contribution >= 4 is 29.0 Å². The van der Waals surface area contributed by atoms with Gasteiger partial charge in [0, 0.05) is 34.8 Å². The summed E-state index contributed by atoms with van der Waals surface area (Å²) in [6, 6.07) is 30.2. The summed E-state index contributed by atoms with van der Waals surface area (Å²) in [5, 5.41) is 13.0. The number of aryl methyl sites for hydroxylation is 1. The number of ether oxygens (including phenoxy) is 1. The molecule has 4 aromatic carbocycles. The smallest absolute Gasteiger partial charge is 0.326 e. The van der Waals surface area contributed by atoms with Crippen molar-refractivity contribution in [3.8, 4) is 5.75 Å². The molecule has 43 heavy (non-hydrogen) atoms. The molecule has 1 amide bonds. The third-order valence-electron chi connectivity index (χ3n) is 7.82. The third kappa shape index (κ3) is 7.49. The van der Waals surface area contributed by atoms with Crippen LogP contribution in [0.3, 0.4) is 0 Å². The maximum atomic E-state index is 13.1. The highest BCUT2D eigenvalue weighted by atomic mass is 16.5. The van der Waals surface area contributed by atoms with E-state index in [0.717, 1.165) is 36.1 Å². The number of hydrogen-bond donors (Lipinski definition) is 2. The predicted octanol–water partition coefficient (Wildman–Crippen LogP) is 6.55. The Kier molecular flexibility index (Phi) is 9.52. The van der Waals surface area contributed by atoms with E-state index >= 15 is 0 Å². The number of anilines is 2. The monoisotopic (exact) mass is 576 g/mol. The van der Waals surface area contributed by atoms with Crippen LogP contribution in [-0.2, 0) is 16.0 Å². The number of carboxylic acids is 1. The molecule has 2 N–H and O–H groups in total. The number of para-hydroxylation sites is 1. The normalized spacial score (nSPS) is 13.4. The molecule has 0 aliphatic heterocycles. The van der Waals surface area contributed by atoms with Crippen LogP contribution >= 0.6 is 0 Å². The number of nitrogens with zero attached hydrogens (tertiary/aromatic N) is 1. The van der Waals surface area contributed by atoms with Gasteiger partial charge in [-0.3, -0.25) is 9.59 Å². The van der Waals surface area contributed by atoms with Gasteiger partial charge in [0.25, 0.3) is 0 Å². The summed E-state index contributed by atoms with van der Waals surface area (Å²) in [4.78, 5) is 40.3. The Morgan fingerprint density at radius 2 is 1.63 bits per heavy atom. The van der Waals surface area contributed by atoms with Crippen LogP contribution in [0, 0.1) is 12.8 Å². The molecule has 1 fully saturated rings. The van der Waals surface area contributed by atoms with Gasteiger partial charge in [-0.15, -0.1) is 0 Å². The Labute approximate surface area is 252 Å². The zero-order valence-electron chi connectivity index (χ0n) is 24.2. The van der Waals surface area contributed by atoms with E-state index < -0.39 is 12.0 Å². The summed E-state index contributed by atoms with van der Waals surface area (Å²) in [5.41, 5.74) is 4.21. The molecule has 5 rings (SSSR count). The average molecular weight is 577 g/mol. The molecule has 0 aromatic heterocycles. The summed E-state index contributed by atoms with van der Waals surface area (Å²) in [7, 11) is 0.